The van der Waals surface area contributed by atoms with Gasteiger partial charge in [0.2, 0.25) is 0 Å². The second kappa shape index (κ2) is 10.9. The van der Waals surface area contributed by atoms with E-state index < -0.39 is 30.3 Å². The van der Waals surface area contributed by atoms with Gasteiger partial charge in [-0.2, -0.15) is 0 Å². The minimum absolute atomic E-state index is 0.212. The van der Waals surface area contributed by atoms with Gasteiger partial charge in [0, 0.05) is 11.5 Å². The summed E-state index contributed by atoms with van der Waals surface area (Å²) >= 11 is 0. The minimum atomic E-state index is -0.688. The van der Waals surface area contributed by atoms with Crippen LogP contribution in [0.25, 0.3) is 10.9 Å². The molecule has 1 amide bonds. The molecular weight excluding hydrogens is 463 g/mol. The van der Waals surface area contributed by atoms with Crippen molar-refractivity contribution in [3.8, 4) is 11.5 Å². The SMILES string of the molecule is COc1ccc(C(NC(=O)COC(=O)c2cc3ccc(F)cc3nc2C)c2ccc(OC)cc2)cc1. The Balaban J connectivity index is 1.49. The molecule has 0 aliphatic rings. The van der Waals surface area contributed by atoms with Crippen LogP contribution in [0.2, 0.25) is 0 Å². The van der Waals surface area contributed by atoms with Crippen molar-refractivity contribution in [1.29, 1.82) is 0 Å². The van der Waals surface area contributed by atoms with Gasteiger partial charge >= 0.3 is 5.97 Å². The van der Waals surface area contributed by atoms with Crippen LogP contribution in [-0.2, 0) is 9.53 Å². The summed E-state index contributed by atoms with van der Waals surface area (Å²) in [7, 11) is 3.16. The molecule has 1 aromatic heterocycles. The topological polar surface area (TPSA) is 86.8 Å². The Labute approximate surface area is 207 Å². The monoisotopic (exact) mass is 488 g/mol. The Bertz CT molecular complexity index is 1340. The number of nitrogens with one attached hydrogen (secondary N) is 1. The fraction of sp³-hybridized carbons (Fsp3) is 0.179. The zero-order valence-corrected chi connectivity index (χ0v) is 20.1. The number of ether oxygens (including phenoxy) is 3. The van der Waals surface area contributed by atoms with E-state index >= 15 is 0 Å². The summed E-state index contributed by atoms with van der Waals surface area (Å²) < 4.78 is 29.2. The van der Waals surface area contributed by atoms with Crippen molar-refractivity contribution < 1.29 is 28.2 Å². The Morgan fingerprint density at radius 1 is 0.889 bits per heavy atom. The number of nitrogens with zero attached hydrogens (tertiary/aromatic N) is 1. The molecule has 0 spiro atoms. The van der Waals surface area contributed by atoms with Crippen LogP contribution >= 0.6 is 0 Å². The second-order valence-electron chi connectivity index (χ2n) is 8.08. The van der Waals surface area contributed by atoms with Gasteiger partial charge in [-0.1, -0.05) is 24.3 Å². The molecular formula is C28H25FN2O5. The lowest BCUT2D eigenvalue weighted by Crippen LogP contribution is -2.33. The molecule has 4 aromatic rings. The molecule has 3 aromatic carbocycles. The Morgan fingerprint density at radius 3 is 2.03 bits per heavy atom. The van der Waals surface area contributed by atoms with Crippen molar-refractivity contribution in [2.75, 3.05) is 20.8 Å². The number of hydrogen-bond donors (Lipinski definition) is 1. The number of aryl methyl sites for hydroxylation is 1. The van der Waals surface area contributed by atoms with Crippen molar-refractivity contribution >= 4 is 22.8 Å². The van der Waals surface area contributed by atoms with Crippen LogP contribution in [0.5, 0.6) is 11.5 Å². The standard InChI is InChI=1S/C28H25FN2O5/c1-17-24(14-20-4-9-21(29)15-25(20)30-17)28(33)36-16-26(32)31-27(18-5-10-22(34-2)11-6-18)19-7-12-23(35-3)13-8-19/h4-15,27H,16H2,1-3H3,(H,31,32). The van der Waals surface area contributed by atoms with Crippen LogP contribution in [-0.4, -0.2) is 37.7 Å². The third-order valence-electron chi connectivity index (χ3n) is 5.73. The summed E-state index contributed by atoms with van der Waals surface area (Å²) in [6.45, 7) is 1.15. The summed E-state index contributed by atoms with van der Waals surface area (Å²) in [4.78, 5) is 29.8. The Kier molecular flexibility index (Phi) is 7.44. The van der Waals surface area contributed by atoms with Gasteiger partial charge in [0.15, 0.2) is 6.61 Å². The molecule has 0 bridgehead atoms. The number of carbonyl (C=O) groups excluding carboxylic acids is 2. The fourth-order valence-electron chi connectivity index (χ4n) is 3.81. The molecule has 1 heterocycles. The van der Waals surface area contributed by atoms with E-state index in [1.807, 2.05) is 24.3 Å². The van der Waals surface area contributed by atoms with E-state index in [4.69, 9.17) is 14.2 Å². The van der Waals surface area contributed by atoms with Crippen LogP contribution < -0.4 is 14.8 Å². The summed E-state index contributed by atoms with van der Waals surface area (Å²) in [6, 6.07) is 19.8. The van der Waals surface area contributed by atoms with Gasteiger partial charge in [0.1, 0.15) is 17.3 Å². The van der Waals surface area contributed by atoms with Crippen LogP contribution in [0.4, 0.5) is 4.39 Å². The number of carbonyl (C=O) groups is 2. The molecule has 0 radical (unpaired) electrons. The number of aromatic nitrogens is 1. The predicted molar refractivity (Wildman–Crippen MR) is 133 cm³/mol. The quantitative estimate of drug-likeness (QED) is 0.360. The van der Waals surface area contributed by atoms with Gasteiger partial charge < -0.3 is 19.5 Å². The van der Waals surface area contributed by atoms with E-state index in [9.17, 15) is 14.0 Å². The number of amides is 1. The lowest BCUT2D eigenvalue weighted by atomic mass is 9.98. The first-order chi connectivity index (χ1) is 17.4. The highest BCUT2D eigenvalue weighted by atomic mass is 19.1. The number of pyridine rings is 1. The van der Waals surface area contributed by atoms with Crippen LogP contribution in [0.1, 0.15) is 33.2 Å². The van der Waals surface area contributed by atoms with Gasteiger partial charge in [-0.05, 0) is 60.5 Å². The molecule has 4 rings (SSSR count). The minimum Gasteiger partial charge on any atom is -0.497 e. The van der Waals surface area contributed by atoms with Gasteiger partial charge in [0.25, 0.3) is 5.91 Å². The number of methoxy groups -OCH3 is 2. The molecule has 7 nitrogen and oxygen atoms in total. The number of esters is 1. The van der Waals surface area contributed by atoms with Crippen molar-refractivity contribution in [1.82, 2.24) is 10.3 Å². The maximum absolute atomic E-state index is 13.5. The summed E-state index contributed by atoms with van der Waals surface area (Å²) in [5.41, 5.74) is 2.67. The molecule has 0 unspecified atom stereocenters. The molecule has 0 fully saturated rings. The van der Waals surface area contributed by atoms with Gasteiger partial charge in [-0.25, -0.2) is 9.18 Å². The zero-order chi connectivity index (χ0) is 25.7. The molecule has 8 heteroatoms. The van der Waals surface area contributed by atoms with E-state index in [-0.39, 0.29) is 5.56 Å². The zero-order valence-electron chi connectivity index (χ0n) is 20.1. The van der Waals surface area contributed by atoms with E-state index in [2.05, 4.69) is 10.3 Å². The molecule has 0 atom stereocenters. The molecule has 0 aliphatic heterocycles. The molecule has 1 N–H and O–H groups in total. The summed E-state index contributed by atoms with van der Waals surface area (Å²) in [5.74, 6) is -0.200. The molecule has 36 heavy (non-hydrogen) atoms. The van der Waals surface area contributed by atoms with Gasteiger partial charge in [0.05, 0.1) is 37.0 Å². The lowest BCUT2D eigenvalue weighted by Gasteiger charge is -2.20. The number of halogens is 1. The van der Waals surface area contributed by atoms with Crippen molar-refractivity contribution in [3.63, 3.8) is 0 Å². The first-order valence-electron chi connectivity index (χ1n) is 11.2. The van der Waals surface area contributed by atoms with E-state index in [1.54, 1.807) is 51.5 Å². The van der Waals surface area contributed by atoms with Crippen molar-refractivity contribution in [2.45, 2.75) is 13.0 Å². The Morgan fingerprint density at radius 2 is 1.47 bits per heavy atom. The molecule has 0 saturated carbocycles. The van der Waals surface area contributed by atoms with Crippen molar-refractivity contribution in [3.05, 3.63) is 101 Å². The first kappa shape index (κ1) is 24.7. The largest absolute Gasteiger partial charge is 0.497 e. The number of fused-ring (bicyclic) bond motifs is 1. The predicted octanol–water partition coefficient (Wildman–Crippen LogP) is 4.76. The molecule has 0 aliphatic carbocycles. The molecule has 184 valence electrons. The highest BCUT2D eigenvalue weighted by molar-refractivity contribution is 5.96. The fourth-order valence-corrected chi connectivity index (χ4v) is 3.81. The van der Waals surface area contributed by atoms with E-state index in [0.717, 1.165) is 11.1 Å². The lowest BCUT2D eigenvalue weighted by molar-refractivity contribution is -0.124. The van der Waals surface area contributed by atoms with Crippen LogP contribution in [0.3, 0.4) is 0 Å². The maximum atomic E-state index is 13.5. The van der Waals surface area contributed by atoms with Crippen molar-refractivity contribution in [2.24, 2.45) is 0 Å². The second-order valence-corrected chi connectivity index (χ2v) is 8.08. The average molecular weight is 489 g/mol. The number of rotatable bonds is 8. The van der Waals surface area contributed by atoms with E-state index in [0.29, 0.717) is 28.1 Å². The van der Waals surface area contributed by atoms with Gasteiger partial charge in [-0.3, -0.25) is 9.78 Å². The number of hydrogen-bond acceptors (Lipinski definition) is 6. The summed E-state index contributed by atoms with van der Waals surface area (Å²) in [5, 5.41) is 3.52. The third kappa shape index (κ3) is 5.60. The normalized spacial score (nSPS) is 10.8. The molecule has 0 saturated heterocycles. The van der Waals surface area contributed by atoms with E-state index in [1.165, 1.54) is 18.2 Å². The highest BCUT2D eigenvalue weighted by Gasteiger charge is 2.20. The highest BCUT2D eigenvalue weighted by Crippen LogP contribution is 2.26. The summed E-state index contributed by atoms with van der Waals surface area (Å²) in [6.07, 6.45) is 0. The maximum Gasteiger partial charge on any atom is 0.340 e. The van der Waals surface area contributed by atoms with Crippen LogP contribution in [0.15, 0.2) is 72.8 Å². The van der Waals surface area contributed by atoms with Crippen LogP contribution in [0, 0.1) is 12.7 Å². The third-order valence-corrected chi connectivity index (χ3v) is 5.73. The Hall–Kier alpha value is -4.46. The first-order valence-corrected chi connectivity index (χ1v) is 11.2. The average Bonchev–Trinajstić information content (AvgIpc) is 2.90. The van der Waals surface area contributed by atoms with Gasteiger partial charge in [-0.15, -0.1) is 0 Å². The smallest absolute Gasteiger partial charge is 0.340 e. The number of benzene rings is 3.